The van der Waals surface area contributed by atoms with Crippen LogP contribution in [-0.4, -0.2) is 29.3 Å². The first kappa shape index (κ1) is 19.4. The maximum atomic E-state index is 13.6. The van der Waals surface area contributed by atoms with E-state index in [0.717, 1.165) is 29.4 Å². The molecule has 0 aliphatic heterocycles. The van der Waals surface area contributed by atoms with E-state index in [-0.39, 0.29) is 17.8 Å². The standard InChI is InChI=1S/C24H18FN7O/c1-31-11-20(29-13-31)21-8-18-23(27-12-28-24(18)33-21)19-10-32(17-6-14(7-17)9-26)30-22(19)15-2-4-16(25)5-3-15/h2-5,8,10-14,17H,6-7H2,1H3/t14-,17-. The van der Waals surface area contributed by atoms with E-state index in [4.69, 9.17) is 14.8 Å². The number of rotatable bonds is 4. The second-order valence-corrected chi connectivity index (χ2v) is 8.31. The van der Waals surface area contributed by atoms with Gasteiger partial charge in [0, 0.05) is 30.6 Å². The number of hydrogen-bond acceptors (Lipinski definition) is 6. The Hall–Kier alpha value is -4.32. The van der Waals surface area contributed by atoms with Gasteiger partial charge < -0.3 is 8.98 Å². The highest BCUT2D eigenvalue weighted by Gasteiger charge is 2.32. The molecule has 1 aromatic carbocycles. The minimum atomic E-state index is -0.310. The largest absolute Gasteiger partial charge is 0.436 e. The van der Waals surface area contributed by atoms with Crippen LogP contribution in [0.3, 0.4) is 0 Å². The van der Waals surface area contributed by atoms with E-state index in [1.165, 1.54) is 18.5 Å². The van der Waals surface area contributed by atoms with Crippen molar-refractivity contribution in [2.24, 2.45) is 13.0 Å². The number of nitriles is 1. The van der Waals surface area contributed by atoms with Crippen LogP contribution < -0.4 is 0 Å². The second kappa shape index (κ2) is 7.38. The molecule has 0 N–H and O–H groups in total. The van der Waals surface area contributed by atoms with E-state index >= 15 is 0 Å². The highest BCUT2D eigenvalue weighted by Crippen LogP contribution is 2.41. The van der Waals surface area contributed by atoms with Crippen molar-refractivity contribution in [3.05, 3.63) is 61.2 Å². The molecule has 5 aromatic rings. The molecule has 0 bridgehead atoms. The molecule has 9 heteroatoms. The summed E-state index contributed by atoms with van der Waals surface area (Å²) in [6.07, 6.45) is 8.51. The number of nitrogens with zero attached hydrogens (tertiary/aromatic N) is 7. The van der Waals surface area contributed by atoms with Crippen molar-refractivity contribution in [3.8, 4) is 40.0 Å². The lowest BCUT2D eigenvalue weighted by molar-refractivity contribution is 0.230. The third-order valence-corrected chi connectivity index (χ3v) is 6.06. The van der Waals surface area contributed by atoms with Gasteiger partial charge in [-0.25, -0.2) is 19.3 Å². The molecule has 0 unspecified atom stereocenters. The Balaban J connectivity index is 1.50. The normalized spacial score (nSPS) is 17.7. The fourth-order valence-electron chi connectivity index (χ4n) is 4.22. The van der Waals surface area contributed by atoms with Gasteiger partial charge >= 0.3 is 0 Å². The van der Waals surface area contributed by atoms with E-state index in [0.29, 0.717) is 28.6 Å². The number of aryl methyl sites for hydroxylation is 1. The van der Waals surface area contributed by atoms with Gasteiger partial charge in [0.2, 0.25) is 5.71 Å². The fourth-order valence-corrected chi connectivity index (χ4v) is 4.22. The predicted molar refractivity (Wildman–Crippen MR) is 118 cm³/mol. The monoisotopic (exact) mass is 439 g/mol. The lowest BCUT2D eigenvalue weighted by atomic mass is 9.81. The number of imidazole rings is 1. The van der Waals surface area contributed by atoms with Gasteiger partial charge in [0.05, 0.1) is 35.4 Å². The van der Waals surface area contributed by atoms with Gasteiger partial charge in [-0.2, -0.15) is 10.4 Å². The summed E-state index contributed by atoms with van der Waals surface area (Å²) in [6, 6.07) is 10.6. The van der Waals surface area contributed by atoms with Crippen molar-refractivity contribution < 1.29 is 8.81 Å². The van der Waals surface area contributed by atoms with Gasteiger partial charge in [-0.05, 0) is 43.2 Å². The minimum Gasteiger partial charge on any atom is -0.436 e. The molecule has 1 aliphatic rings. The summed E-state index contributed by atoms with van der Waals surface area (Å²) < 4.78 is 23.3. The van der Waals surface area contributed by atoms with Crippen molar-refractivity contribution in [2.45, 2.75) is 18.9 Å². The average molecular weight is 439 g/mol. The summed E-state index contributed by atoms with van der Waals surface area (Å²) in [5, 5.41) is 14.7. The first-order valence-corrected chi connectivity index (χ1v) is 10.6. The number of benzene rings is 1. The van der Waals surface area contributed by atoms with Gasteiger partial charge in [-0.1, -0.05) is 0 Å². The predicted octanol–water partition coefficient (Wildman–Crippen LogP) is 4.77. The zero-order chi connectivity index (χ0) is 22.5. The van der Waals surface area contributed by atoms with Gasteiger partial charge in [-0.3, -0.25) is 4.68 Å². The summed E-state index contributed by atoms with van der Waals surface area (Å²) in [6.45, 7) is 0. The Morgan fingerprint density at radius 2 is 1.91 bits per heavy atom. The molecule has 0 radical (unpaired) electrons. The van der Waals surface area contributed by atoms with E-state index < -0.39 is 0 Å². The highest BCUT2D eigenvalue weighted by molar-refractivity contribution is 5.95. The first-order chi connectivity index (χ1) is 16.1. The van der Waals surface area contributed by atoms with Crippen molar-refractivity contribution in [2.75, 3.05) is 0 Å². The van der Waals surface area contributed by atoms with Crippen molar-refractivity contribution in [3.63, 3.8) is 0 Å². The van der Waals surface area contributed by atoms with Crippen LogP contribution in [0.5, 0.6) is 0 Å². The molecule has 0 atom stereocenters. The van der Waals surface area contributed by atoms with Gasteiger partial charge in [-0.15, -0.1) is 0 Å². The molecule has 8 nitrogen and oxygen atoms in total. The molecule has 0 saturated heterocycles. The summed E-state index contributed by atoms with van der Waals surface area (Å²) >= 11 is 0. The highest BCUT2D eigenvalue weighted by atomic mass is 19.1. The van der Waals surface area contributed by atoms with Crippen LogP contribution in [0.4, 0.5) is 4.39 Å². The summed E-state index contributed by atoms with van der Waals surface area (Å²) in [5.74, 6) is 0.339. The number of furan rings is 1. The van der Waals surface area contributed by atoms with Crippen LogP contribution >= 0.6 is 0 Å². The Morgan fingerprint density at radius 3 is 2.64 bits per heavy atom. The van der Waals surface area contributed by atoms with Crippen LogP contribution in [0.15, 0.2) is 59.8 Å². The van der Waals surface area contributed by atoms with E-state index in [1.54, 1.807) is 18.5 Å². The van der Waals surface area contributed by atoms with E-state index in [2.05, 4.69) is 21.0 Å². The number of aromatic nitrogens is 6. The Morgan fingerprint density at radius 1 is 1.09 bits per heavy atom. The molecule has 33 heavy (non-hydrogen) atoms. The summed E-state index contributed by atoms with van der Waals surface area (Å²) in [5.41, 5.74) is 4.09. The Bertz CT molecular complexity index is 1520. The third-order valence-electron chi connectivity index (χ3n) is 6.06. The first-order valence-electron chi connectivity index (χ1n) is 10.6. The maximum absolute atomic E-state index is 13.6. The van der Waals surface area contributed by atoms with Crippen LogP contribution in [0.1, 0.15) is 18.9 Å². The van der Waals surface area contributed by atoms with Crippen LogP contribution in [0.2, 0.25) is 0 Å². The fraction of sp³-hybridized carbons (Fsp3) is 0.208. The Labute approximate surface area is 188 Å². The van der Waals surface area contributed by atoms with Crippen molar-refractivity contribution in [1.82, 2.24) is 29.3 Å². The van der Waals surface area contributed by atoms with E-state index in [1.807, 2.05) is 34.8 Å². The van der Waals surface area contributed by atoms with Crippen molar-refractivity contribution >= 4 is 11.1 Å². The SMILES string of the molecule is Cn1cnc(-c2cc3c(-c4cn([C@H]5C[C@H](C#N)C5)nc4-c4ccc(F)cc4)ncnc3o2)c1. The van der Waals surface area contributed by atoms with Gasteiger partial charge in [0.15, 0.2) is 5.76 Å². The molecular weight excluding hydrogens is 421 g/mol. The lowest BCUT2D eigenvalue weighted by Crippen LogP contribution is -2.26. The van der Waals surface area contributed by atoms with Gasteiger partial charge in [0.25, 0.3) is 0 Å². The number of fused-ring (bicyclic) bond motifs is 1. The third kappa shape index (κ3) is 3.27. The smallest absolute Gasteiger partial charge is 0.230 e. The van der Waals surface area contributed by atoms with Gasteiger partial charge in [0.1, 0.15) is 23.5 Å². The zero-order valence-electron chi connectivity index (χ0n) is 17.7. The molecule has 0 spiro atoms. The molecule has 1 aliphatic carbocycles. The van der Waals surface area contributed by atoms with E-state index in [9.17, 15) is 4.39 Å². The molecule has 6 rings (SSSR count). The number of hydrogen-bond donors (Lipinski definition) is 0. The van der Waals surface area contributed by atoms with Crippen molar-refractivity contribution in [1.29, 1.82) is 5.26 Å². The lowest BCUT2D eigenvalue weighted by Gasteiger charge is -2.30. The number of halogens is 1. The minimum absolute atomic E-state index is 0.0532. The molecule has 1 saturated carbocycles. The van der Waals surface area contributed by atoms with Crippen LogP contribution in [-0.2, 0) is 7.05 Å². The van der Waals surface area contributed by atoms with Crippen LogP contribution in [0, 0.1) is 23.1 Å². The second-order valence-electron chi connectivity index (χ2n) is 8.31. The molecule has 4 heterocycles. The summed E-state index contributed by atoms with van der Waals surface area (Å²) in [4.78, 5) is 13.2. The topological polar surface area (TPSA) is 98.3 Å². The summed E-state index contributed by atoms with van der Waals surface area (Å²) in [7, 11) is 1.89. The molecule has 0 amide bonds. The average Bonchev–Trinajstić information content (AvgIpc) is 3.51. The maximum Gasteiger partial charge on any atom is 0.230 e. The van der Waals surface area contributed by atoms with Crippen LogP contribution in [0.25, 0.3) is 45.1 Å². The molecule has 162 valence electrons. The quantitative estimate of drug-likeness (QED) is 0.400. The Kier molecular flexibility index (Phi) is 4.33. The molecule has 1 fully saturated rings. The zero-order valence-corrected chi connectivity index (χ0v) is 17.7. The molecule has 4 aromatic heterocycles. The molecular formula is C24H18FN7O.